The highest BCUT2D eigenvalue weighted by Gasteiger charge is 2.15. The fourth-order valence-electron chi connectivity index (χ4n) is 3.70. The molecule has 0 heterocycles. The van der Waals surface area contributed by atoms with E-state index in [0.717, 1.165) is 35.4 Å². The van der Waals surface area contributed by atoms with Crippen molar-refractivity contribution < 1.29 is 34.3 Å². The van der Waals surface area contributed by atoms with E-state index < -0.39 is 16.9 Å². The van der Waals surface area contributed by atoms with Crippen molar-refractivity contribution in [2.75, 3.05) is 33.8 Å². The molecule has 0 aliphatic heterocycles. The van der Waals surface area contributed by atoms with Crippen molar-refractivity contribution in [1.82, 2.24) is 9.80 Å². The highest BCUT2D eigenvalue weighted by Crippen LogP contribution is 2.21. The normalized spacial score (nSPS) is 10.5. The molecule has 0 unspecified atom stereocenters. The Morgan fingerprint density at radius 2 is 1.50 bits per heavy atom. The van der Waals surface area contributed by atoms with Crippen LogP contribution in [-0.2, 0) is 27.3 Å². The molecule has 2 N–H and O–H groups in total. The van der Waals surface area contributed by atoms with Crippen LogP contribution < -0.4 is 4.74 Å². The Hall–Kier alpha value is -5.03. The molecule has 3 aromatic rings. The second-order valence-corrected chi connectivity index (χ2v) is 9.40. The molecule has 11 nitrogen and oxygen atoms in total. The van der Waals surface area contributed by atoms with Crippen molar-refractivity contribution in [3.8, 4) is 5.75 Å². The molecule has 222 valence electrons. The molecule has 0 aromatic heterocycles. The highest BCUT2D eigenvalue weighted by molar-refractivity contribution is 6.27. The number of non-ortho nitro benzene ring substituents is 1. The summed E-state index contributed by atoms with van der Waals surface area (Å²) in [5.74, 6) is -2.98. The minimum Gasteiger partial charge on any atom is -0.493 e. The lowest BCUT2D eigenvalue weighted by molar-refractivity contribution is -0.384. The zero-order valence-corrected chi connectivity index (χ0v) is 23.6. The number of carbonyl (C=O) groups is 3. The summed E-state index contributed by atoms with van der Waals surface area (Å²) in [6.45, 7) is 2.39. The highest BCUT2D eigenvalue weighted by atomic mass is 16.6. The molecule has 0 saturated carbocycles. The lowest BCUT2D eigenvalue weighted by Crippen LogP contribution is -2.31. The lowest BCUT2D eigenvalue weighted by atomic mass is 10.1. The molecule has 0 aliphatic carbocycles. The first-order valence-corrected chi connectivity index (χ1v) is 13.1. The number of hydrogen-bond donors (Lipinski definition) is 2. The summed E-state index contributed by atoms with van der Waals surface area (Å²) in [4.78, 5) is 45.9. The monoisotopic (exact) mass is 577 g/mol. The molecule has 0 bridgehead atoms. The fraction of sp³-hybridized carbons (Fsp3) is 0.258. The van der Waals surface area contributed by atoms with Gasteiger partial charge in [0.1, 0.15) is 5.75 Å². The molecule has 42 heavy (non-hydrogen) atoms. The summed E-state index contributed by atoms with van der Waals surface area (Å²) in [6, 6.07) is 23.9. The Morgan fingerprint density at radius 1 is 0.881 bits per heavy atom. The van der Waals surface area contributed by atoms with Crippen LogP contribution in [0.1, 0.15) is 23.1 Å². The van der Waals surface area contributed by atoms with Crippen LogP contribution in [0.15, 0.2) is 84.9 Å². The van der Waals surface area contributed by atoms with Crippen molar-refractivity contribution in [1.29, 1.82) is 0 Å². The number of amides is 1. The van der Waals surface area contributed by atoms with E-state index in [1.165, 1.54) is 12.1 Å². The van der Waals surface area contributed by atoms with Crippen LogP contribution in [0.5, 0.6) is 5.75 Å². The molecule has 0 spiro atoms. The molecule has 0 radical (unpaired) electrons. The minimum absolute atomic E-state index is 0.0535. The van der Waals surface area contributed by atoms with Crippen molar-refractivity contribution >= 4 is 29.6 Å². The van der Waals surface area contributed by atoms with Crippen molar-refractivity contribution in [3.05, 3.63) is 112 Å². The van der Waals surface area contributed by atoms with Gasteiger partial charge in [-0.2, -0.15) is 0 Å². The van der Waals surface area contributed by atoms with E-state index in [1.807, 2.05) is 74.8 Å². The van der Waals surface area contributed by atoms with Gasteiger partial charge in [0.15, 0.2) is 0 Å². The second kappa shape index (κ2) is 17.6. The third-order valence-electron chi connectivity index (χ3n) is 5.87. The van der Waals surface area contributed by atoms with E-state index in [0.29, 0.717) is 26.1 Å². The zero-order valence-electron chi connectivity index (χ0n) is 23.6. The maximum absolute atomic E-state index is 13.2. The van der Waals surface area contributed by atoms with E-state index in [-0.39, 0.29) is 11.6 Å². The smallest absolute Gasteiger partial charge is 0.414 e. The van der Waals surface area contributed by atoms with Crippen LogP contribution in [-0.4, -0.2) is 76.6 Å². The number of carboxylic acid groups (broad SMARTS) is 2. The number of benzene rings is 3. The molecular formula is C31H35N3O8. The van der Waals surface area contributed by atoms with Gasteiger partial charge in [0.2, 0.25) is 5.91 Å². The van der Waals surface area contributed by atoms with Gasteiger partial charge >= 0.3 is 11.9 Å². The van der Waals surface area contributed by atoms with Gasteiger partial charge in [-0.15, -0.1) is 0 Å². The zero-order chi connectivity index (χ0) is 30.9. The SMILES string of the molecule is CN(C)CCCOc1ccccc1CN(CCc1ccc([N+](=O)[O-])cc1)C(=O)C=Cc1ccccc1.O=C(O)C(=O)O. The first-order chi connectivity index (χ1) is 20.1. The van der Waals surface area contributed by atoms with Crippen LogP contribution in [0.2, 0.25) is 0 Å². The molecule has 3 aromatic carbocycles. The van der Waals surface area contributed by atoms with Gasteiger partial charge in [-0.1, -0.05) is 60.7 Å². The summed E-state index contributed by atoms with van der Waals surface area (Å²) in [7, 11) is 4.07. The number of ether oxygens (including phenoxy) is 1. The average Bonchev–Trinajstić information content (AvgIpc) is 2.97. The molecule has 3 rings (SSSR count). The molecule has 0 saturated heterocycles. The topological polar surface area (TPSA) is 151 Å². The van der Waals surface area contributed by atoms with Gasteiger partial charge < -0.3 is 24.7 Å². The van der Waals surface area contributed by atoms with Gasteiger partial charge in [-0.05, 0) is 50.2 Å². The number of nitro groups is 1. The first-order valence-electron chi connectivity index (χ1n) is 13.1. The number of rotatable bonds is 13. The summed E-state index contributed by atoms with van der Waals surface area (Å²) in [6.07, 6.45) is 4.88. The minimum atomic E-state index is -1.82. The van der Waals surface area contributed by atoms with E-state index in [9.17, 15) is 14.9 Å². The molecule has 0 aliphatic rings. The predicted molar refractivity (Wildman–Crippen MR) is 158 cm³/mol. The summed E-state index contributed by atoms with van der Waals surface area (Å²) < 4.78 is 6.05. The summed E-state index contributed by atoms with van der Waals surface area (Å²) in [5, 5.41) is 25.7. The predicted octanol–water partition coefficient (Wildman–Crippen LogP) is 4.37. The third kappa shape index (κ3) is 12.4. The van der Waals surface area contributed by atoms with Crippen LogP contribution in [0.25, 0.3) is 6.08 Å². The number of carboxylic acids is 2. The standard InChI is InChI=1S/C29H33N3O4.C2H2O4/c1-30(2)20-8-22-36-28-12-7-6-11-26(28)23-31(29(33)18-15-24-9-4-3-5-10-24)21-19-25-13-16-27(17-14-25)32(34)35;3-1(4)2(5)6/h3-7,9-18H,8,19-23H2,1-2H3;(H,3,4)(H,5,6). The number of para-hydroxylation sites is 1. The van der Waals surface area contributed by atoms with Gasteiger partial charge in [-0.25, -0.2) is 9.59 Å². The van der Waals surface area contributed by atoms with E-state index in [4.69, 9.17) is 24.5 Å². The Balaban J connectivity index is 0.000000928. The number of aliphatic carboxylic acids is 2. The Bertz CT molecular complexity index is 1330. The molecule has 11 heteroatoms. The van der Waals surface area contributed by atoms with Crippen LogP contribution in [0, 0.1) is 10.1 Å². The lowest BCUT2D eigenvalue weighted by Gasteiger charge is -2.23. The quantitative estimate of drug-likeness (QED) is 0.0992. The number of hydrogen-bond acceptors (Lipinski definition) is 7. The number of nitrogens with zero attached hydrogens (tertiary/aromatic N) is 3. The third-order valence-corrected chi connectivity index (χ3v) is 5.87. The average molecular weight is 578 g/mol. The maximum atomic E-state index is 13.2. The number of nitro benzene ring substituents is 1. The van der Waals surface area contributed by atoms with Crippen LogP contribution in [0.4, 0.5) is 5.69 Å². The Labute approximate surface area is 244 Å². The molecule has 0 fully saturated rings. The van der Waals surface area contributed by atoms with E-state index in [2.05, 4.69) is 4.90 Å². The van der Waals surface area contributed by atoms with Gasteiger partial charge in [-0.3, -0.25) is 14.9 Å². The van der Waals surface area contributed by atoms with Crippen molar-refractivity contribution in [2.45, 2.75) is 19.4 Å². The Morgan fingerprint density at radius 3 is 2.10 bits per heavy atom. The van der Waals surface area contributed by atoms with Gasteiger partial charge in [0.25, 0.3) is 5.69 Å². The summed E-state index contributed by atoms with van der Waals surface area (Å²) >= 11 is 0. The van der Waals surface area contributed by atoms with Crippen LogP contribution in [0.3, 0.4) is 0 Å². The van der Waals surface area contributed by atoms with Crippen molar-refractivity contribution in [2.24, 2.45) is 0 Å². The van der Waals surface area contributed by atoms with Gasteiger partial charge in [0.05, 0.1) is 11.5 Å². The van der Waals surface area contributed by atoms with E-state index >= 15 is 0 Å². The largest absolute Gasteiger partial charge is 0.493 e. The van der Waals surface area contributed by atoms with Crippen LogP contribution >= 0.6 is 0 Å². The van der Waals surface area contributed by atoms with Gasteiger partial charge in [0, 0.05) is 43.4 Å². The first kappa shape index (κ1) is 33.2. The molecular weight excluding hydrogens is 542 g/mol. The molecule has 0 atom stereocenters. The number of carbonyl (C=O) groups excluding carboxylic acids is 1. The maximum Gasteiger partial charge on any atom is 0.414 e. The summed E-state index contributed by atoms with van der Waals surface area (Å²) in [5.41, 5.74) is 2.87. The second-order valence-electron chi connectivity index (χ2n) is 9.40. The fourth-order valence-corrected chi connectivity index (χ4v) is 3.70. The molecule has 1 amide bonds. The van der Waals surface area contributed by atoms with Crippen molar-refractivity contribution in [3.63, 3.8) is 0 Å². The van der Waals surface area contributed by atoms with E-state index in [1.54, 1.807) is 23.1 Å². The Kier molecular flexibility index (Phi) is 13.9.